The highest BCUT2D eigenvalue weighted by Crippen LogP contribution is 2.42. The maximum Gasteiger partial charge on any atom is 0.407 e. The zero-order valence-corrected chi connectivity index (χ0v) is 24.5. The van der Waals surface area contributed by atoms with E-state index in [1.807, 2.05) is 6.07 Å². The van der Waals surface area contributed by atoms with Gasteiger partial charge in [0.2, 0.25) is 5.91 Å². The fourth-order valence-electron chi connectivity index (χ4n) is 5.12. The number of esters is 2. The number of alkyl carbamates (subject to hydrolysis) is 1. The number of carbonyl (C=O) groups is 4. The highest BCUT2D eigenvalue weighted by Gasteiger charge is 2.32. The van der Waals surface area contributed by atoms with Crippen molar-refractivity contribution in [2.45, 2.75) is 64.5 Å². The average molecular weight is 584 g/mol. The van der Waals surface area contributed by atoms with E-state index >= 15 is 0 Å². The molecule has 10 nitrogen and oxygen atoms in total. The fraction of sp³-hybridized carbons (Fsp3) is 0.400. The molecule has 0 saturated carbocycles. The number of halogens is 1. The highest BCUT2D eigenvalue weighted by atomic mass is 35.5. The second kappa shape index (κ2) is 12.2. The molecule has 4 rings (SSSR count). The van der Waals surface area contributed by atoms with E-state index < -0.39 is 23.6 Å². The van der Waals surface area contributed by atoms with Gasteiger partial charge in [0.25, 0.3) is 0 Å². The number of H-pyrrole nitrogens is 1. The first-order valence-corrected chi connectivity index (χ1v) is 13.6. The Balaban J connectivity index is 1.54. The van der Waals surface area contributed by atoms with Crippen LogP contribution in [-0.4, -0.2) is 48.7 Å². The summed E-state index contributed by atoms with van der Waals surface area (Å²) in [6.45, 7) is 5.49. The summed E-state index contributed by atoms with van der Waals surface area (Å²) in [6, 6.07) is 8.82. The highest BCUT2D eigenvalue weighted by molar-refractivity contribution is 6.31. The maximum absolute atomic E-state index is 13.3. The van der Waals surface area contributed by atoms with Crippen molar-refractivity contribution in [3.8, 4) is 0 Å². The van der Waals surface area contributed by atoms with Gasteiger partial charge in [0.15, 0.2) is 0 Å². The van der Waals surface area contributed by atoms with Gasteiger partial charge in [-0.3, -0.25) is 9.59 Å². The summed E-state index contributed by atoms with van der Waals surface area (Å²) in [5.41, 5.74) is 3.88. The predicted octanol–water partition coefficient (Wildman–Crippen LogP) is 5.41. The van der Waals surface area contributed by atoms with E-state index in [0.29, 0.717) is 40.4 Å². The summed E-state index contributed by atoms with van der Waals surface area (Å²) in [5.74, 6) is -1.50. The molecule has 2 amide bonds. The van der Waals surface area contributed by atoms with E-state index in [-0.39, 0.29) is 31.2 Å². The van der Waals surface area contributed by atoms with E-state index in [2.05, 4.69) is 15.6 Å². The average Bonchev–Trinajstić information content (AvgIpc) is 3.29. The molecule has 1 aliphatic rings. The number of aromatic nitrogens is 1. The van der Waals surface area contributed by atoms with Crippen LogP contribution in [-0.2, 0) is 43.2 Å². The number of hydrogen-bond acceptors (Lipinski definition) is 7. The van der Waals surface area contributed by atoms with Crippen LogP contribution in [0.4, 0.5) is 10.5 Å². The molecule has 0 fully saturated rings. The van der Waals surface area contributed by atoms with Crippen LogP contribution < -0.4 is 10.6 Å². The van der Waals surface area contributed by atoms with Crippen LogP contribution >= 0.6 is 11.6 Å². The molecule has 41 heavy (non-hydrogen) atoms. The normalized spacial score (nSPS) is 14.3. The topological polar surface area (TPSA) is 136 Å². The molecule has 2 aromatic carbocycles. The summed E-state index contributed by atoms with van der Waals surface area (Å²) in [6.07, 6.45) is 0.814. The number of carbonyl (C=O) groups excluding carboxylic acids is 4. The summed E-state index contributed by atoms with van der Waals surface area (Å²) in [4.78, 5) is 53.3. The van der Waals surface area contributed by atoms with Crippen molar-refractivity contribution < 1.29 is 33.4 Å². The van der Waals surface area contributed by atoms with Crippen molar-refractivity contribution in [3.05, 3.63) is 63.3 Å². The Labute approximate surface area is 243 Å². The monoisotopic (exact) mass is 583 g/mol. The van der Waals surface area contributed by atoms with E-state index in [4.69, 9.17) is 25.8 Å². The van der Waals surface area contributed by atoms with Crippen molar-refractivity contribution in [1.82, 2.24) is 10.3 Å². The van der Waals surface area contributed by atoms with Gasteiger partial charge in [-0.15, -0.1) is 0 Å². The number of amides is 2. The minimum Gasteiger partial charge on any atom is -0.469 e. The van der Waals surface area contributed by atoms with Crippen LogP contribution in [0.1, 0.15) is 72.3 Å². The molecule has 1 unspecified atom stereocenters. The number of anilines is 1. The zero-order valence-electron chi connectivity index (χ0n) is 23.7. The van der Waals surface area contributed by atoms with Gasteiger partial charge < -0.3 is 29.8 Å². The lowest BCUT2D eigenvalue weighted by Gasteiger charge is -2.24. The molecule has 1 aromatic heterocycles. The third-order valence-corrected chi connectivity index (χ3v) is 7.03. The van der Waals surface area contributed by atoms with Gasteiger partial charge in [0.1, 0.15) is 11.3 Å². The molecule has 1 aliphatic carbocycles. The largest absolute Gasteiger partial charge is 0.469 e. The van der Waals surface area contributed by atoms with E-state index in [9.17, 15) is 19.2 Å². The molecular formula is C30H34ClN3O7. The van der Waals surface area contributed by atoms with Crippen LogP contribution in [0.5, 0.6) is 0 Å². The molecule has 0 bridgehead atoms. The van der Waals surface area contributed by atoms with Crippen LogP contribution in [0.15, 0.2) is 30.3 Å². The summed E-state index contributed by atoms with van der Waals surface area (Å²) in [5, 5.41) is 7.07. The lowest BCUT2D eigenvalue weighted by atomic mass is 9.81. The number of benzene rings is 2. The van der Waals surface area contributed by atoms with E-state index in [1.54, 1.807) is 45.0 Å². The molecule has 3 N–H and O–H groups in total. The lowest BCUT2D eigenvalue weighted by molar-refractivity contribution is -0.139. The number of hydrogen-bond donors (Lipinski definition) is 3. The zero-order chi connectivity index (χ0) is 29.9. The fourth-order valence-corrected chi connectivity index (χ4v) is 5.36. The Morgan fingerprint density at radius 2 is 1.83 bits per heavy atom. The van der Waals surface area contributed by atoms with Crippen molar-refractivity contribution in [2.24, 2.45) is 0 Å². The first-order valence-electron chi connectivity index (χ1n) is 13.3. The first-order chi connectivity index (χ1) is 19.4. The summed E-state index contributed by atoms with van der Waals surface area (Å²) >= 11 is 6.29. The standard InChI is InChI=1S/C30H34ClN3O7/c1-30(2,3)41-29(38)32-15-16-6-9-21(19(10-16)13-24(36)39-4)33-23(35)12-18-8-7-17-11-20(31)14-22-25(17)26(18)27(34-22)28(37)40-5/h6,9-11,14,18,34H,7-8,12-13,15H2,1-5H3,(H,32,38)(H,33,35). The molecule has 0 aliphatic heterocycles. The van der Waals surface area contributed by atoms with Crippen molar-refractivity contribution in [3.63, 3.8) is 0 Å². The van der Waals surface area contributed by atoms with Crippen LogP contribution in [0, 0.1) is 0 Å². The second-order valence-electron chi connectivity index (χ2n) is 11.0. The van der Waals surface area contributed by atoms with Gasteiger partial charge in [-0.2, -0.15) is 0 Å². The molecule has 1 atom stereocenters. The number of aromatic amines is 1. The predicted molar refractivity (Wildman–Crippen MR) is 154 cm³/mol. The Morgan fingerprint density at radius 3 is 2.51 bits per heavy atom. The molecule has 11 heteroatoms. The minimum absolute atomic E-state index is 0.0745. The number of nitrogens with one attached hydrogen (secondary N) is 3. The van der Waals surface area contributed by atoms with Crippen molar-refractivity contribution in [1.29, 1.82) is 0 Å². The molecule has 3 aromatic rings. The number of rotatable bonds is 8. The minimum atomic E-state index is -0.633. The molecule has 0 radical (unpaired) electrons. The molecule has 0 saturated heterocycles. The lowest BCUT2D eigenvalue weighted by Crippen LogP contribution is -2.32. The molecule has 0 spiro atoms. The third kappa shape index (κ3) is 7.18. The summed E-state index contributed by atoms with van der Waals surface area (Å²) in [7, 11) is 2.60. The first kappa shape index (κ1) is 29.9. The van der Waals surface area contributed by atoms with Gasteiger partial charge in [-0.1, -0.05) is 23.7 Å². The smallest absolute Gasteiger partial charge is 0.407 e. The van der Waals surface area contributed by atoms with E-state index in [0.717, 1.165) is 22.0 Å². The number of ether oxygens (including phenoxy) is 3. The van der Waals surface area contributed by atoms with Gasteiger partial charge in [0.05, 0.1) is 20.6 Å². The number of aryl methyl sites for hydroxylation is 1. The van der Waals surface area contributed by atoms with Crippen molar-refractivity contribution >= 4 is 52.1 Å². The van der Waals surface area contributed by atoms with Crippen LogP contribution in [0.3, 0.4) is 0 Å². The Kier molecular flexibility index (Phi) is 8.92. The maximum atomic E-state index is 13.3. The van der Waals surface area contributed by atoms with E-state index in [1.165, 1.54) is 14.2 Å². The van der Waals surface area contributed by atoms with Crippen LogP contribution in [0.25, 0.3) is 10.9 Å². The SMILES string of the molecule is COC(=O)Cc1cc(CNC(=O)OC(C)(C)C)ccc1NC(=O)CC1CCc2cc(Cl)cc3[nH]c(C(=O)OC)c1c23. The third-order valence-electron chi connectivity index (χ3n) is 6.82. The molecular weight excluding hydrogens is 550 g/mol. The number of methoxy groups -OCH3 is 2. The van der Waals surface area contributed by atoms with Gasteiger partial charge in [-0.25, -0.2) is 9.59 Å². The Hall–Kier alpha value is -4.05. The Morgan fingerprint density at radius 1 is 1.07 bits per heavy atom. The molecule has 218 valence electrons. The molecule has 1 heterocycles. The quantitative estimate of drug-likeness (QED) is 0.238. The van der Waals surface area contributed by atoms with Crippen molar-refractivity contribution in [2.75, 3.05) is 19.5 Å². The Bertz CT molecular complexity index is 1510. The summed E-state index contributed by atoms with van der Waals surface area (Å²) < 4.78 is 15.1. The van der Waals surface area contributed by atoms with Gasteiger partial charge >= 0.3 is 18.0 Å². The van der Waals surface area contributed by atoms with Gasteiger partial charge in [0, 0.05) is 34.6 Å². The van der Waals surface area contributed by atoms with Gasteiger partial charge in [-0.05, 0) is 80.0 Å². The second-order valence-corrected chi connectivity index (χ2v) is 11.4. The van der Waals surface area contributed by atoms with Crippen LogP contribution in [0.2, 0.25) is 5.02 Å².